The number of amides is 1. The van der Waals surface area contributed by atoms with E-state index >= 15 is 0 Å². The molecular weight excluding hydrogens is 282 g/mol. The first-order valence-electron chi connectivity index (χ1n) is 6.03. The maximum absolute atomic E-state index is 12.3. The largest absolute Gasteiger partial charge is 0.478 e. The molecule has 1 aliphatic rings. The number of carbonyl (C=O) groups is 2. The van der Waals surface area contributed by atoms with Crippen molar-refractivity contribution in [3.05, 3.63) is 28.0 Å². The van der Waals surface area contributed by atoms with Gasteiger partial charge in [-0.05, 0) is 24.3 Å². The second-order valence-electron chi connectivity index (χ2n) is 4.17. The molecule has 0 aliphatic carbocycles. The second-order valence-corrected chi connectivity index (χ2v) is 6.34. The van der Waals surface area contributed by atoms with Gasteiger partial charge in [0.2, 0.25) is 0 Å². The number of carbonyl (C=O) groups excluding carboxylic acids is 1. The van der Waals surface area contributed by atoms with Crippen molar-refractivity contribution < 1.29 is 14.7 Å². The van der Waals surface area contributed by atoms with Crippen LogP contribution in [0.2, 0.25) is 0 Å². The van der Waals surface area contributed by atoms with E-state index < -0.39 is 5.97 Å². The van der Waals surface area contributed by atoms with Crippen LogP contribution in [-0.4, -0.2) is 46.5 Å². The van der Waals surface area contributed by atoms with Crippen LogP contribution in [0.4, 0.5) is 0 Å². The Hall–Kier alpha value is -1.27. The molecule has 1 saturated heterocycles. The van der Waals surface area contributed by atoms with Crippen LogP contribution in [-0.2, 0) is 4.79 Å². The lowest BCUT2D eigenvalue weighted by atomic mass is 10.2. The van der Waals surface area contributed by atoms with Gasteiger partial charge in [-0.3, -0.25) is 4.79 Å². The quantitative estimate of drug-likeness (QED) is 0.871. The monoisotopic (exact) mass is 297 g/mol. The van der Waals surface area contributed by atoms with Crippen LogP contribution in [0, 0.1) is 0 Å². The average Bonchev–Trinajstić information content (AvgIpc) is 2.69. The van der Waals surface area contributed by atoms with Crippen LogP contribution in [0.25, 0.3) is 6.08 Å². The first-order valence-corrected chi connectivity index (χ1v) is 8.07. The molecule has 1 aromatic heterocycles. The fourth-order valence-electron chi connectivity index (χ4n) is 1.84. The first-order chi connectivity index (χ1) is 9.16. The molecule has 6 heteroatoms. The first kappa shape index (κ1) is 14.1. The van der Waals surface area contributed by atoms with Gasteiger partial charge in [-0.2, -0.15) is 11.8 Å². The van der Waals surface area contributed by atoms with E-state index in [9.17, 15) is 9.59 Å². The van der Waals surface area contributed by atoms with Crippen molar-refractivity contribution >= 4 is 41.1 Å². The predicted octanol–water partition coefficient (Wildman–Crippen LogP) is 2.43. The molecule has 0 atom stereocenters. The van der Waals surface area contributed by atoms with Gasteiger partial charge >= 0.3 is 5.97 Å². The van der Waals surface area contributed by atoms with Crippen LogP contribution >= 0.6 is 23.1 Å². The number of thiophene rings is 1. The number of thioether (sulfide) groups is 1. The molecule has 0 unspecified atom stereocenters. The summed E-state index contributed by atoms with van der Waals surface area (Å²) in [6.07, 6.45) is 3.64. The van der Waals surface area contributed by atoms with Gasteiger partial charge in [-0.25, -0.2) is 4.79 Å². The number of aliphatic carboxylic acids is 1. The zero-order valence-electron chi connectivity index (χ0n) is 10.4. The number of carboxylic acid groups (broad SMARTS) is 1. The van der Waals surface area contributed by atoms with E-state index in [1.807, 2.05) is 16.7 Å². The summed E-state index contributed by atoms with van der Waals surface area (Å²) in [5, 5.41) is 10.4. The van der Waals surface area contributed by atoms with Crippen LogP contribution in [0.15, 0.2) is 17.5 Å². The van der Waals surface area contributed by atoms with Gasteiger partial charge in [0.15, 0.2) is 0 Å². The molecule has 2 heterocycles. The Labute approximate surface area is 120 Å². The third-order valence-corrected chi connectivity index (χ3v) is 4.71. The highest BCUT2D eigenvalue weighted by Gasteiger charge is 2.18. The maximum Gasteiger partial charge on any atom is 0.328 e. The smallest absolute Gasteiger partial charge is 0.328 e. The van der Waals surface area contributed by atoms with Crippen molar-refractivity contribution in [3.8, 4) is 0 Å². The third kappa shape index (κ3) is 4.11. The summed E-state index contributed by atoms with van der Waals surface area (Å²) in [5.41, 5.74) is 0.655. The molecule has 1 aliphatic heterocycles. The minimum absolute atomic E-state index is 0.0497. The highest BCUT2D eigenvalue weighted by Crippen LogP contribution is 2.19. The van der Waals surface area contributed by atoms with Crippen LogP contribution in [0.3, 0.4) is 0 Å². The number of rotatable bonds is 3. The predicted molar refractivity (Wildman–Crippen MR) is 78.8 cm³/mol. The summed E-state index contributed by atoms with van der Waals surface area (Å²) >= 11 is 3.27. The summed E-state index contributed by atoms with van der Waals surface area (Å²) in [6.45, 7) is 1.60. The van der Waals surface area contributed by atoms with Gasteiger partial charge in [-0.15, -0.1) is 11.3 Å². The molecular formula is C13H15NO3S2. The SMILES string of the molecule is O=C(O)C=Cc1cc(C(=O)N2CCCSCC2)cs1. The normalized spacial score (nSPS) is 16.5. The molecule has 1 amide bonds. The third-order valence-electron chi connectivity index (χ3n) is 2.77. The van der Waals surface area contributed by atoms with E-state index in [4.69, 9.17) is 5.11 Å². The Morgan fingerprint density at radius 3 is 2.95 bits per heavy atom. The summed E-state index contributed by atoms with van der Waals surface area (Å²) in [6, 6.07) is 1.75. The van der Waals surface area contributed by atoms with E-state index in [0.29, 0.717) is 5.56 Å². The van der Waals surface area contributed by atoms with Crippen molar-refractivity contribution in [1.82, 2.24) is 4.90 Å². The fourth-order valence-corrected chi connectivity index (χ4v) is 3.50. The average molecular weight is 297 g/mol. The molecule has 19 heavy (non-hydrogen) atoms. The molecule has 1 aromatic rings. The summed E-state index contributed by atoms with van der Waals surface area (Å²) < 4.78 is 0. The molecule has 0 aromatic carbocycles. The Morgan fingerprint density at radius 1 is 1.32 bits per heavy atom. The standard InChI is InChI=1S/C13H15NO3S2/c15-12(16)3-2-11-8-10(9-19-11)13(17)14-4-1-6-18-7-5-14/h2-3,8-9H,1,4-7H2,(H,15,16). The Kier molecular flexibility index (Phi) is 5.04. The van der Waals surface area contributed by atoms with Gasteiger partial charge < -0.3 is 10.0 Å². The molecule has 0 radical (unpaired) electrons. The van der Waals surface area contributed by atoms with Gasteiger partial charge in [0.05, 0.1) is 5.56 Å². The van der Waals surface area contributed by atoms with Crippen LogP contribution in [0.5, 0.6) is 0 Å². The second kappa shape index (κ2) is 6.77. The topological polar surface area (TPSA) is 57.6 Å². The highest BCUT2D eigenvalue weighted by molar-refractivity contribution is 7.99. The Morgan fingerprint density at radius 2 is 2.16 bits per heavy atom. The molecule has 0 bridgehead atoms. The van der Waals surface area contributed by atoms with Crippen molar-refractivity contribution in [2.45, 2.75) is 6.42 Å². The van der Waals surface area contributed by atoms with Crippen molar-refractivity contribution in [2.24, 2.45) is 0 Å². The number of hydrogen-bond acceptors (Lipinski definition) is 4. The molecule has 4 nitrogen and oxygen atoms in total. The summed E-state index contributed by atoms with van der Waals surface area (Å²) in [7, 11) is 0. The lowest BCUT2D eigenvalue weighted by Gasteiger charge is -2.19. The number of hydrogen-bond donors (Lipinski definition) is 1. The highest BCUT2D eigenvalue weighted by atomic mass is 32.2. The van der Waals surface area contributed by atoms with E-state index in [2.05, 4.69) is 0 Å². The summed E-state index contributed by atoms with van der Waals surface area (Å²) in [5.74, 6) is 1.17. The van der Waals surface area contributed by atoms with E-state index in [-0.39, 0.29) is 5.91 Å². The molecule has 1 fully saturated rings. The summed E-state index contributed by atoms with van der Waals surface area (Å²) in [4.78, 5) is 25.4. The lowest BCUT2D eigenvalue weighted by molar-refractivity contribution is -0.131. The zero-order chi connectivity index (χ0) is 13.7. The van der Waals surface area contributed by atoms with Crippen molar-refractivity contribution in [3.63, 3.8) is 0 Å². The lowest BCUT2D eigenvalue weighted by Crippen LogP contribution is -2.32. The fraction of sp³-hybridized carbons (Fsp3) is 0.385. The molecule has 0 spiro atoms. The van der Waals surface area contributed by atoms with Gasteiger partial charge in [0.1, 0.15) is 0 Å². The van der Waals surface area contributed by atoms with E-state index in [1.54, 1.807) is 11.4 Å². The molecule has 2 rings (SSSR count). The Balaban J connectivity index is 2.04. The minimum atomic E-state index is -0.981. The van der Waals surface area contributed by atoms with Gasteiger partial charge in [0, 0.05) is 35.2 Å². The molecule has 1 N–H and O–H groups in total. The molecule has 102 valence electrons. The minimum Gasteiger partial charge on any atom is -0.478 e. The van der Waals surface area contributed by atoms with E-state index in [0.717, 1.165) is 42.0 Å². The van der Waals surface area contributed by atoms with Crippen LogP contribution < -0.4 is 0 Å². The number of carboxylic acids is 1. The Bertz CT molecular complexity index is 488. The van der Waals surface area contributed by atoms with Crippen molar-refractivity contribution in [2.75, 3.05) is 24.6 Å². The number of nitrogens with zero attached hydrogens (tertiary/aromatic N) is 1. The van der Waals surface area contributed by atoms with E-state index in [1.165, 1.54) is 17.4 Å². The molecule has 0 saturated carbocycles. The van der Waals surface area contributed by atoms with Gasteiger partial charge in [0.25, 0.3) is 5.91 Å². The maximum atomic E-state index is 12.3. The van der Waals surface area contributed by atoms with Gasteiger partial charge in [-0.1, -0.05) is 0 Å². The van der Waals surface area contributed by atoms with Crippen molar-refractivity contribution in [1.29, 1.82) is 0 Å². The van der Waals surface area contributed by atoms with Crippen LogP contribution in [0.1, 0.15) is 21.7 Å². The zero-order valence-corrected chi connectivity index (χ0v) is 12.0.